The highest BCUT2D eigenvalue weighted by atomic mass is 35.5. The molecule has 34 valence electrons. The molecule has 5 heavy (non-hydrogen) atoms. The Morgan fingerprint density at radius 2 is 1.40 bits per heavy atom. The van der Waals surface area contributed by atoms with Gasteiger partial charge in [0.25, 0.3) is 6.47 Å². The van der Waals surface area contributed by atoms with Crippen LogP contribution in [0.15, 0.2) is 0 Å². The molecular weight excluding hydrogens is 115 g/mol. The first kappa shape index (κ1) is 19.7. The molecule has 0 aliphatic heterocycles. The van der Waals surface area contributed by atoms with Gasteiger partial charge in [-0.2, -0.15) is 0 Å². The van der Waals surface area contributed by atoms with Crippen LogP contribution in [0.2, 0.25) is 0 Å². The lowest BCUT2D eigenvalue weighted by Crippen LogP contribution is -1.49. The Morgan fingerprint density at radius 1 is 1.40 bits per heavy atom. The number of carbonyl (C=O) groups is 1. The molecule has 0 heterocycles. The summed E-state index contributed by atoms with van der Waals surface area (Å²) in [4.78, 5) is 8.36. The number of carboxylic acid groups (broad SMARTS) is 1. The molecule has 0 aromatic heterocycles. The lowest BCUT2D eigenvalue weighted by atomic mass is 11.7. The lowest BCUT2D eigenvalue weighted by molar-refractivity contribution is -0.122. The molecule has 0 bridgehead atoms. The van der Waals surface area contributed by atoms with Crippen molar-refractivity contribution in [2.75, 3.05) is 0 Å². The Morgan fingerprint density at radius 3 is 1.40 bits per heavy atom. The van der Waals surface area contributed by atoms with Crippen molar-refractivity contribution >= 4 is 31.3 Å². The maximum absolute atomic E-state index is 8.36. The highest BCUT2D eigenvalue weighted by Gasteiger charge is 1.22. The molecule has 0 saturated carbocycles. The van der Waals surface area contributed by atoms with Gasteiger partial charge in [0, 0.05) is 0 Å². The molecule has 4 heteroatoms. The normalized spacial score (nSPS) is 2.40. The molecule has 0 aliphatic carbocycles. The maximum Gasteiger partial charge on any atom is 0.290 e. The Hall–Kier alpha value is 0.0500. The molecule has 1 N–H and O–H groups in total. The van der Waals surface area contributed by atoms with Crippen molar-refractivity contribution < 1.29 is 9.90 Å². The first-order valence-corrected chi connectivity index (χ1v) is 0.494. The van der Waals surface area contributed by atoms with Gasteiger partial charge in [-0.1, -0.05) is 0 Å². The summed E-state index contributed by atoms with van der Waals surface area (Å²) < 4.78 is 0. The van der Waals surface area contributed by atoms with Crippen molar-refractivity contribution in [1.29, 1.82) is 0 Å². The van der Waals surface area contributed by atoms with Gasteiger partial charge in [0.05, 0.1) is 0 Å². The number of hydrogen-bond acceptors (Lipinski definition) is 1. The highest BCUT2D eigenvalue weighted by Crippen LogP contribution is 0.966. The second-order valence-electron chi connectivity index (χ2n) is 0.105. The van der Waals surface area contributed by atoms with Crippen LogP contribution in [0, 0.1) is 0 Å². The van der Waals surface area contributed by atoms with Crippen molar-refractivity contribution in [2.24, 2.45) is 0 Å². The molecule has 0 fully saturated rings. The van der Waals surface area contributed by atoms with Gasteiger partial charge in [-0.3, -0.25) is 4.79 Å². The summed E-state index contributed by atoms with van der Waals surface area (Å²) >= 11 is 0. The molecule has 0 spiro atoms. The fourth-order valence-electron chi connectivity index (χ4n) is 0. The molecule has 0 aromatic rings. The largest absolute Gasteiger partial charge is 0.483 e. The van der Waals surface area contributed by atoms with Gasteiger partial charge in [-0.15, -0.1) is 24.8 Å². The lowest BCUT2D eigenvalue weighted by Gasteiger charge is -1.34. The van der Waals surface area contributed by atoms with Crippen LogP contribution in [-0.4, -0.2) is 11.6 Å². The summed E-state index contributed by atoms with van der Waals surface area (Å²) in [5.41, 5.74) is 0. The smallest absolute Gasteiger partial charge is 0.290 e. The zero-order valence-electron chi connectivity index (χ0n) is 2.25. The van der Waals surface area contributed by atoms with E-state index in [4.69, 9.17) is 9.90 Å². The van der Waals surface area contributed by atoms with E-state index < -0.39 is 0 Å². The van der Waals surface area contributed by atoms with E-state index in [0.717, 1.165) is 0 Å². The molecule has 0 saturated heterocycles. The van der Waals surface area contributed by atoms with Gasteiger partial charge in [0.1, 0.15) is 0 Å². The topological polar surface area (TPSA) is 37.3 Å². The Bertz CT molecular complexity index is 15.1. The monoisotopic (exact) mass is 118 g/mol. The molecule has 0 unspecified atom stereocenters. The molecule has 2 nitrogen and oxygen atoms in total. The summed E-state index contributed by atoms with van der Waals surface area (Å²) in [6.07, 6.45) is 0. The van der Waals surface area contributed by atoms with Crippen molar-refractivity contribution in [1.82, 2.24) is 0 Å². The molecule has 0 amide bonds. The van der Waals surface area contributed by atoms with Crippen molar-refractivity contribution in [3.05, 3.63) is 0 Å². The first-order valence-electron chi connectivity index (χ1n) is 0.494. The highest BCUT2D eigenvalue weighted by molar-refractivity contribution is 5.85. The van der Waals surface area contributed by atoms with E-state index in [1.807, 2.05) is 0 Å². The predicted molar refractivity (Wildman–Crippen MR) is 23.2 cm³/mol. The molecule has 0 aliphatic rings. The third kappa shape index (κ3) is 6810. The average molecular weight is 119 g/mol. The van der Waals surface area contributed by atoms with E-state index in [1.54, 1.807) is 0 Å². The molecule has 0 atom stereocenters. The van der Waals surface area contributed by atoms with Crippen LogP contribution in [0.3, 0.4) is 0 Å². The fraction of sp³-hybridized carbons (Fsp3) is 0. The minimum atomic E-state index is -0.250. The van der Waals surface area contributed by atoms with Crippen LogP contribution in [0.25, 0.3) is 0 Å². The first-order chi connectivity index (χ1) is 1.41. The molecule has 0 aromatic carbocycles. The van der Waals surface area contributed by atoms with E-state index in [1.165, 1.54) is 0 Å². The standard InChI is InChI=1S/CH2O2.2ClH/c2-1-3;;/h1H,(H,2,3);2*1H. The van der Waals surface area contributed by atoms with Gasteiger partial charge in [0.15, 0.2) is 0 Å². The van der Waals surface area contributed by atoms with Gasteiger partial charge in [-0.25, -0.2) is 0 Å². The average Bonchev–Trinajstić information content (AvgIpc) is 0.918. The third-order valence-electron chi connectivity index (χ3n) is 0. The van der Waals surface area contributed by atoms with Crippen LogP contribution in [0.4, 0.5) is 0 Å². The zero-order chi connectivity index (χ0) is 2.71. The van der Waals surface area contributed by atoms with Gasteiger partial charge >= 0.3 is 0 Å². The number of hydrogen-bond donors (Lipinski definition) is 1. The minimum Gasteiger partial charge on any atom is -0.483 e. The molecule has 0 rings (SSSR count). The summed E-state index contributed by atoms with van der Waals surface area (Å²) in [5.74, 6) is 0. The van der Waals surface area contributed by atoms with Gasteiger partial charge in [-0.05, 0) is 0 Å². The van der Waals surface area contributed by atoms with Crippen LogP contribution in [0.1, 0.15) is 0 Å². The fourth-order valence-corrected chi connectivity index (χ4v) is 0. The minimum absolute atomic E-state index is 0. The van der Waals surface area contributed by atoms with Crippen molar-refractivity contribution in [2.45, 2.75) is 0 Å². The maximum atomic E-state index is 8.36. The van der Waals surface area contributed by atoms with Gasteiger partial charge < -0.3 is 5.11 Å². The summed E-state index contributed by atoms with van der Waals surface area (Å²) in [5, 5.41) is 6.89. The van der Waals surface area contributed by atoms with E-state index in [-0.39, 0.29) is 31.3 Å². The van der Waals surface area contributed by atoms with Crippen molar-refractivity contribution in [3.63, 3.8) is 0 Å². The van der Waals surface area contributed by atoms with Crippen LogP contribution >= 0.6 is 24.8 Å². The van der Waals surface area contributed by atoms with E-state index in [0.29, 0.717) is 0 Å². The van der Waals surface area contributed by atoms with Crippen molar-refractivity contribution in [3.8, 4) is 0 Å². The second kappa shape index (κ2) is 34.2. The third-order valence-corrected chi connectivity index (χ3v) is 0. The summed E-state index contributed by atoms with van der Waals surface area (Å²) in [6, 6.07) is 0. The summed E-state index contributed by atoms with van der Waals surface area (Å²) in [6.45, 7) is -0.250. The molecular formula is CH4Cl2O2. The predicted octanol–water partition coefficient (Wildman–Crippen LogP) is 0.544. The number of halogens is 2. The van der Waals surface area contributed by atoms with Crippen LogP contribution in [0.5, 0.6) is 0 Å². The van der Waals surface area contributed by atoms with E-state index in [9.17, 15) is 0 Å². The summed E-state index contributed by atoms with van der Waals surface area (Å²) in [7, 11) is 0. The Kier molecular flexibility index (Phi) is 135. The zero-order valence-corrected chi connectivity index (χ0v) is 3.88. The number of rotatable bonds is 0. The molecule has 0 radical (unpaired) electrons. The second-order valence-corrected chi connectivity index (χ2v) is 0.105. The van der Waals surface area contributed by atoms with Gasteiger partial charge in [0.2, 0.25) is 0 Å². The van der Waals surface area contributed by atoms with Crippen LogP contribution in [-0.2, 0) is 4.79 Å². The van der Waals surface area contributed by atoms with Crippen LogP contribution < -0.4 is 0 Å². The van der Waals surface area contributed by atoms with E-state index >= 15 is 0 Å². The quantitative estimate of drug-likeness (QED) is 0.472. The Labute approximate surface area is 42.0 Å². The van der Waals surface area contributed by atoms with E-state index in [2.05, 4.69) is 0 Å². The SMILES string of the molecule is Cl.Cl.O=CO. The Balaban J connectivity index is -0.0000000200.